The molecule has 0 unspecified atom stereocenters. The largest absolute Gasteiger partial charge is 0.454 e. The van der Waals surface area contributed by atoms with E-state index in [1.807, 2.05) is 0 Å². The second kappa shape index (κ2) is 8.30. The number of aliphatic hydroxyl groups excluding tert-OH is 1. The number of esters is 1. The van der Waals surface area contributed by atoms with Gasteiger partial charge in [0.05, 0.1) is 6.61 Å². The average Bonchev–Trinajstić information content (AvgIpc) is 2.77. The van der Waals surface area contributed by atoms with Gasteiger partial charge in [0.15, 0.2) is 0 Å². The molecule has 0 saturated carbocycles. The highest BCUT2D eigenvalue weighted by molar-refractivity contribution is 5.91. The van der Waals surface area contributed by atoms with Gasteiger partial charge in [0.2, 0.25) is 0 Å². The number of hydrogen-bond acceptors (Lipinski definition) is 3. The van der Waals surface area contributed by atoms with E-state index in [1.54, 1.807) is 0 Å². The predicted molar refractivity (Wildman–Crippen MR) is 92.9 cm³/mol. The summed E-state index contributed by atoms with van der Waals surface area (Å²) in [6.07, 6.45) is 11.8. The highest BCUT2D eigenvalue weighted by atomic mass is 16.5. The van der Waals surface area contributed by atoms with Gasteiger partial charge in [-0.05, 0) is 64.0 Å². The number of aliphatic hydroxyl groups is 1. The second-order valence-electron chi connectivity index (χ2n) is 6.70. The van der Waals surface area contributed by atoms with Crippen molar-refractivity contribution < 1.29 is 14.6 Å². The van der Waals surface area contributed by atoms with Crippen molar-refractivity contribution in [3.8, 4) is 0 Å². The molecule has 1 aliphatic heterocycles. The SMILES string of the molecule is C=C1C(=O)O[C@H]2/C=C(\C)CCC=C(CO)CC/C=C(\C)CC[C@@H]12. The van der Waals surface area contributed by atoms with Crippen LogP contribution >= 0.6 is 0 Å². The molecule has 1 heterocycles. The van der Waals surface area contributed by atoms with Crippen molar-refractivity contribution in [3.05, 3.63) is 47.1 Å². The van der Waals surface area contributed by atoms with Gasteiger partial charge in [0.25, 0.3) is 0 Å². The minimum atomic E-state index is -0.252. The lowest BCUT2D eigenvalue weighted by molar-refractivity contribution is -0.137. The van der Waals surface area contributed by atoms with Gasteiger partial charge in [0, 0.05) is 11.5 Å². The van der Waals surface area contributed by atoms with Crippen molar-refractivity contribution in [2.75, 3.05) is 6.61 Å². The Balaban J connectivity index is 2.20. The summed E-state index contributed by atoms with van der Waals surface area (Å²) in [4.78, 5) is 11.8. The summed E-state index contributed by atoms with van der Waals surface area (Å²) in [7, 11) is 0. The fourth-order valence-corrected chi connectivity index (χ4v) is 3.22. The van der Waals surface area contributed by atoms with Crippen LogP contribution in [0.4, 0.5) is 0 Å². The Labute approximate surface area is 139 Å². The van der Waals surface area contributed by atoms with Crippen molar-refractivity contribution >= 4 is 5.97 Å². The molecule has 2 atom stereocenters. The van der Waals surface area contributed by atoms with Crippen molar-refractivity contribution in [1.82, 2.24) is 0 Å². The Bertz CT molecular complexity index is 551. The van der Waals surface area contributed by atoms with Crippen molar-refractivity contribution in [2.24, 2.45) is 5.92 Å². The highest BCUT2D eigenvalue weighted by Crippen LogP contribution is 2.33. The first-order valence-corrected chi connectivity index (χ1v) is 8.52. The van der Waals surface area contributed by atoms with Crippen LogP contribution in [0.2, 0.25) is 0 Å². The van der Waals surface area contributed by atoms with E-state index in [9.17, 15) is 9.90 Å². The van der Waals surface area contributed by atoms with E-state index in [-0.39, 0.29) is 24.6 Å². The van der Waals surface area contributed by atoms with Gasteiger partial charge in [-0.1, -0.05) is 29.9 Å². The summed E-state index contributed by atoms with van der Waals surface area (Å²) in [6.45, 7) is 8.28. The Morgan fingerprint density at radius 1 is 1.17 bits per heavy atom. The normalized spacial score (nSPS) is 31.9. The summed E-state index contributed by atoms with van der Waals surface area (Å²) in [5.41, 5.74) is 4.27. The van der Waals surface area contributed by atoms with Gasteiger partial charge in [-0.25, -0.2) is 4.79 Å². The molecule has 1 aliphatic carbocycles. The molecule has 0 aromatic rings. The van der Waals surface area contributed by atoms with E-state index in [1.165, 1.54) is 11.1 Å². The van der Waals surface area contributed by atoms with Gasteiger partial charge in [0.1, 0.15) is 6.10 Å². The van der Waals surface area contributed by atoms with Gasteiger partial charge >= 0.3 is 5.97 Å². The first kappa shape index (κ1) is 17.7. The molecule has 0 bridgehead atoms. The predicted octanol–water partition coefficient (Wildman–Crippen LogP) is 4.25. The lowest BCUT2D eigenvalue weighted by atomic mass is 9.89. The van der Waals surface area contributed by atoms with Gasteiger partial charge in [-0.2, -0.15) is 0 Å². The van der Waals surface area contributed by atoms with Crippen LogP contribution in [0.15, 0.2) is 47.1 Å². The molecule has 1 fully saturated rings. The monoisotopic (exact) mass is 316 g/mol. The standard InChI is InChI=1S/C20H28O3/c1-14-6-4-8-17(13-21)9-5-7-15(2)12-19-18(11-10-14)16(3)20(22)23-19/h6,9,12,18-19,21H,3-5,7-8,10-11,13H2,1-2H3/b14-6+,15-12+,17-9?/t18-,19-/m0/s1. The number of ether oxygens (including phenoxy) is 1. The number of fused-ring (bicyclic) bond motifs is 1. The Kier molecular flexibility index (Phi) is 6.40. The lowest BCUT2D eigenvalue weighted by Gasteiger charge is -2.16. The Hall–Kier alpha value is -1.61. The minimum absolute atomic E-state index is 0.0901. The molecule has 2 rings (SSSR count). The van der Waals surface area contributed by atoms with Crippen LogP contribution in [0.5, 0.6) is 0 Å². The Morgan fingerprint density at radius 2 is 1.91 bits per heavy atom. The molecule has 0 aromatic carbocycles. The fourth-order valence-electron chi connectivity index (χ4n) is 3.22. The molecule has 23 heavy (non-hydrogen) atoms. The third kappa shape index (κ3) is 4.93. The molecule has 1 saturated heterocycles. The van der Waals surface area contributed by atoms with E-state index in [0.29, 0.717) is 5.57 Å². The molecule has 3 heteroatoms. The van der Waals surface area contributed by atoms with Crippen LogP contribution < -0.4 is 0 Å². The van der Waals surface area contributed by atoms with Gasteiger partial charge < -0.3 is 9.84 Å². The molecule has 126 valence electrons. The number of carbonyl (C=O) groups excluding carboxylic acids is 1. The first-order valence-electron chi connectivity index (χ1n) is 8.52. The van der Waals surface area contributed by atoms with Gasteiger partial charge in [-0.15, -0.1) is 0 Å². The maximum atomic E-state index is 11.8. The zero-order valence-electron chi connectivity index (χ0n) is 14.3. The van der Waals surface area contributed by atoms with Crippen LogP contribution in [0.3, 0.4) is 0 Å². The zero-order chi connectivity index (χ0) is 16.8. The molecule has 3 nitrogen and oxygen atoms in total. The van der Waals surface area contributed by atoms with E-state index in [2.05, 4.69) is 38.7 Å². The number of carbonyl (C=O) groups is 1. The summed E-state index contributed by atoms with van der Waals surface area (Å²) in [6, 6.07) is 0. The first-order chi connectivity index (χ1) is 11.0. The van der Waals surface area contributed by atoms with E-state index >= 15 is 0 Å². The fraction of sp³-hybridized carbons (Fsp3) is 0.550. The molecule has 0 radical (unpaired) electrons. The number of hydrogen-bond donors (Lipinski definition) is 1. The Morgan fingerprint density at radius 3 is 2.65 bits per heavy atom. The van der Waals surface area contributed by atoms with Crippen molar-refractivity contribution in [3.63, 3.8) is 0 Å². The summed E-state index contributed by atoms with van der Waals surface area (Å²) in [5, 5.41) is 9.44. The molecular weight excluding hydrogens is 288 g/mol. The maximum Gasteiger partial charge on any atom is 0.334 e. The summed E-state index contributed by atoms with van der Waals surface area (Å²) < 4.78 is 5.50. The van der Waals surface area contributed by atoms with Crippen LogP contribution in [-0.2, 0) is 9.53 Å². The third-order valence-electron chi connectivity index (χ3n) is 4.78. The molecule has 2 aliphatic rings. The van der Waals surface area contributed by atoms with Gasteiger partial charge in [-0.3, -0.25) is 0 Å². The van der Waals surface area contributed by atoms with Crippen molar-refractivity contribution in [1.29, 1.82) is 0 Å². The quantitative estimate of drug-likeness (QED) is 0.447. The average molecular weight is 316 g/mol. The topological polar surface area (TPSA) is 46.5 Å². The zero-order valence-corrected chi connectivity index (χ0v) is 14.3. The third-order valence-corrected chi connectivity index (χ3v) is 4.78. The van der Waals surface area contributed by atoms with Crippen LogP contribution in [0.1, 0.15) is 52.4 Å². The molecule has 0 spiro atoms. The van der Waals surface area contributed by atoms with E-state index < -0.39 is 0 Å². The molecule has 0 aromatic heterocycles. The second-order valence-corrected chi connectivity index (χ2v) is 6.70. The molecule has 0 amide bonds. The minimum Gasteiger partial charge on any atom is -0.454 e. The van der Waals surface area contributed by atoms with Crippen LogP contribution in [0.25, 0.3) is 0 Å². The van der Waals surface area contributed by atoms with E-state index in [4.69, 9.17) is 4.74 Å². The molecule has 1 N–H and O–H groups in total. The number of rotatable bonds is 1. The maximum absolute atomic E-state index is 11.8. The molecular formula is C20H28O3. The van der Waals surface area contributed by atoms with Crippen molar-refractivity contribution in [2.45, 2.75) is 58.5 Å². The number of allylic oxidation sites excluding steroid dienone is 4. The summed E-state index contributed by atoms with van der Waals surface area (Å²) >= 11 is 0. The van der Waals surface area contributed by atoms with Crippen LogP contribution in [-0.4, -0.2) is 23.8 Å². The smallest absolute Gasteiger partial charge is 0.334 e. The summed E-state index contributed by atoms with van der Waals surface area (Å²) in [5.74, 6) is -0.162. The highest BCUT2D eigenvalue weighted by Gasteiger charge is 2.36. The van der Waals surface area contributed by atoms with E-state index in [0.717, 1.165) is 44.1 Å². The van der Waals surface area contributed by atoms with Crippen LogP contribution in [0, 0.1) is 5.92 Å². The lowest BCUT2D eigenvalue weighted by Crippen LogP contribution is -2.14.